The number of aryl methyl sites for hydroxylation is 1. The van der Waals surface area contributed by atoms with Gasteiger partial charge in [0.05, 0.1) is 18.8 Å². The summed E-state index contributed by atoms with van der Waals surface area (Å²) in [6.45, 7) is 9.41. The molecule has 39 heavy (non-hydrogen) atoms. The fraction of sp³-hybridized carbons (Fsp3) is 0.444. The second-order valence-electron chi connectivity index (χ2n) is 11.1. The number of primary amides is 1. The lowest BCUT2D eigenvalue weighted by atomic mass is 9.86. The summed E-state index contributed by atoms with van der Waals surface area (Å²) in [6, 6.07) is 6.55. The van der Waals surface area contributed by atoms with Crippen LogP contribution in [0.25, 0.3) is 27.8 Å². The topological polar surface area (TPSA) is 156 Å². The van der Waals surface area contributed by atoms with Gasteiger partial charge in [-0.05, 0) is 60.1 Å². The predicted octanol–water partition coefficient (Wildman–Crippen LogP) is 3.86. The number of phosphoric acid groups is 1. The van der Waals surface area contributed by atoms with Crippen molar-refractivity contribution in [2.24, 2.45) is 5.73 Å². The minimum absolute atomic E-state index is 0.0146. The van der Waals surface area contributed by atoms with Crippen LogP contribution in [0.4, 0.5) is 0 Å². The number of carbonyl (C=O) groups is 1. The quantitative estimate of drug-likeness (QED) is 0.190. The summed E-state index contributed by atoms with van der Waals surface area (Å²) in [4.78, 5) is 38.2. The number of nitrogens with one attached hydrogen (secondary N) is 1. The first-order chi connectivity index (χ1) is 18.4. The maximum absolute atomic E-state index is 11.8. The molecule has 5 N–H and O–H groups in total. The lowest BCUT2D eigenvalue weighted by Gasteiger charge is -2.42. The number of fused-ring (bicyclic) bond motifs is 2. The average molecular weight is 556 g/mol. The first-order valence-electron chi connectivity index (χ1n) is 13.2. The van der Waals surface area contributed by atoms with Gasteiger partial charge in [-0.1, -0.05) is 19.9 Å². The number of rotatable bonds is 8. The Kier molecular flexibility index (Phi) is 7.15. The number of likely N-dealkylation sites (tertiary alicyclic amines) is 1. The molecule has 4 aromatic rings. The zero-order chi connectivity index (χ0) is 28.1. The molecule has 1 aliphatic heterocycles. The lowest BCUT2D eigenvalue weighted by molar-refractivity contribution is -0.940. The lowest BCUT2D eigenvalue weighted by Crippen LogP contribution is -2.57. The summed E-state index contributed by atoms with van der Waals surface area (Å²) in [7, 11) is -4.65. The molecule has 0 atom stereocenters. The fourth-order valence-electron chi connectivity index (χ4n) is 6.06. The first-order valence-corrected chi connectivity index (χ1v) is 14.7. The standard InChI is InChI=1S/C27H35N6O5P/c1-16(2)25-21-11-20(19-7-9-33(10-8-19,13-24(28)34)15-38-39(35,36)37)5-6-23(21)31-26(25)22-12-32-27(29-14-30-32)18(4)17(22)3/h5-6,11-12,14,16,19,31H,7-10,13,15H2,1-4H3,(H3-,28,34,35,36,37)/p+1. The summed E-state index contributed by atoms with van der Waals surface area (Å²) >= 11 is 0. The van der Waals surface area contributed by atoms with Gasteiger partial charge in [-0.15, -0.1) is 0 Å². The molecular formula is C27H36N6O5P+. The Balaban J connectivity index is 1.48. The molecule has 1 aliphatic rings. The maximum Gasteiger partial charge on any atom is 0.474 e. The Bertz CT molecular complexity index is 1600. The van der Waals surface area contributed by atoms with Gasteiger partial charge in [0.1, 0.15) is 6.33 Å². The number of aromatic nitrogens is 4. The molecule has 5 rings (SSSR count). The molecule has 0 spiro atoms. The van der Waals surface area contributed by atoms with E-state index in [9.17, 15) is 19.1 Å². The smallest absolute Gasteiger partial charge is 0.365 e. The first kappa shape index (κ1) is 27.5. The highest BCUT2D eigenvalue weighted by Gasteiger charge is 2.38. The summed E-state index contributed by atoms with van der Waals surface area (Å²) in [5.74, 6) is 0.00355. The number of quaternary nitrogens is 1. The van der Waals surface area contributed by atoms with Crippen LogP contribution in [0.3, 0.4) is 0 Å². The van der Waals surface area contributed by atoms with E-state index < -0.39 is 13.7 Å². The van der Waals surface area contributed by atoms with Crippen LogP contribution in [0.5, 0.6) is 0 Å². The molecule has 1 fully saturated rings. The van der Waals surface area contributed by atoms with Crippen molar-refractivity contribution in [1.29, 1.82) is 0 Å². The molecule has 3 aromatic heterocycles. The largest absolute Gasteiger partial charge is 0.474 e. The number of hydrogen-bond donors (Lipinski definition) is 4. The summed E-state index contributed by atoms with van der Waals surface area (Å²) in [5, 5.41) is 5.56. The number of amides is 1. The molecule has 208 valence electrons. The Labute approximate surface area is 226 Å². The number of carbonyl (C=O) groups excluding carboxylic acids is 1. The zero-order valence-corrected chi connectivity index (χ0v) is 23.6. The highest BCUT2D eigenvalue weighted by Crippen LogP contribution is 2.41. The molecule has 0 radical (unpaired) electrons. The molecular weight excluding hydrogens is 519 g/mol. The van der Waals surface area contributed by atoms with E-state index in [0.29, 0.717) is 13.1 Å². The Morgan fingerprint density at radius 1 is 1.26 bits per heavy atom. The van der Waals surface area contributed by atoms with E-state index in [1.165, 1.54) is 16.5 Å². The van der Waals surface area contributed by atoms with Gasteiger partial charge in [0.15, 0.2) is 18.9 Å². The number of nitrogens with zero attached hydrogens (tertiary/aromatic N) is 4. The van der Waals surface area contributed by atoms with E-state index in [4.69, 9.17) is 10.3 Å². The van der Waals surface area contributed by atoms with Crippen LogP contribution in [0.2, 0.25) is 0 Å². The fourth-order valence-corrected chi connectivity index (χ4v) is 6.46. The van der Waals surface area contributed by atoms with Crippen LogP contribution in [-0.4, -0.2) is 66.1 Å². The zero-order valence-electron chi connectivity index (χ0n) is 22.7. The highest BCUT2D eigenvalue weighted by molar-refractivity contribution is 7.46. The van der Waals surface area contributed by atoms with Crippen molar-refractivity contribution in [1.82, 2.24) is 19.6 Å². The number of pyridine rings is 1. The minimum atomic E-state index is -4.65. The van der Waals surface area contributed by atoms with Gasteiger partial charge in [0.25, 0.3) is 5.91 Å². The number of piperidine rings is 1. The van der Waals surface area contributed by atoms with Crippen LogP contribution < -0.4 is 5.73 Å². The Morgan fingerprint density at radius 3 is 2.62 bits per heavy atom. The van der Waals surface area contributed by atoms with Crippen molar-refractivity contribution in [3.8, 4) is 11.3 Å². The van der Waals surface area contributed by atoms with E-state index in [1.54, 1.807) is 6.33 Å². The number of nitrogens with two attached hydrogens (primary N) is 1. The predicted molar refractivity (Wildman–Crippen MR) is 148 cm³/mol. The number of benzene rings is 1. The molecule has 1 aromatic carbocycles. The Hall–Kier alpha value is -3.08. The van der Waals surface area contributed by atoms with E-state index in [1.807, 2.05) is 10.7 Å². The monoisotopic (exact) mass is 555 g/mol. The second-order valence-corrected chi connectivity index (χ2v) is 12.4. The van der Waals surface area contributed by atoms with E-state index >= 15 is 0 Å². The van der Waals surface area contributed by atoms with Crippen molar-refractivity contribution >= 4 is 30.3 Å². The van der Waals surface area contributed by atoms with Gasteiger partial charge < -0.3 is 20.5 Å². The molecule has 1 saturated heterocycles. The maximum atomic E-state index is 11.8. The number of H-pyrrole nitrogens is 1. The van der Waals surface area contributed by atoms with E-state index in [0.717, 1.165) is 46.4 Å². The molecule has 0 unspecified atom stereocenters. The van der Waals surface area contributed by atoms with Crippen LogP contribution in [0.1, 0.15) is 60.8 Å². The molecule has 4 heterocycles. The average Bonchev–Trinajstić information content (AvgIpc) is 3.49. The van der Waals surface area contributed by atoms with Crippen LogP contribution in [0, 0.1) is 13.8 Å². The van der Waals surface area contributed by atoms with Gasteiger partial charge in [-0.3, -0.25) is 9.28 Å². The third-order valence-electron chi connectivity index (χ3n) is 8.20. The number of aromatic amines is 1. The Morgan fingerprint density at radius 2 is 1.97 bits per heavy atom. The van der Waals surface area contributed by atoms with Gasteiger partial charge in [-0.25, -0.2) is 18.6 Å². The normalized spacial score (nSPS) is 20.3. The SMILES string of the molecule is Cc1c(-c2[nH]c3ccc(C4CC[N+](COP(=O)(O)O)(CC(N)=O)CC4)cc3c2C(C)C)cn2ncnc2c1C. The van der Waals surface area contributed by atoms with Gasteiger partial charge in [0, 0.05) is 35.5 Å². The van der Waals surface area contributed by atoms with E-state index in [-0.39, 0.29) is 29.6 Å². The molecule has 1 amide bonds. The van der Waals surface area contributed by atoms with Crippen LogP contribution >= 0.6 is 7.82 Å². The second kappa shape index (κ2) is 10.1. The van der Waals surface area contributed by atoms with Crippen molar-refractivity contribution in [3.63, 3.8) is 0 Å². The van der Waals surface area contributed by atoms with E-state index in [2.05, 4.69) is 61.0 Å². The van der Waals surface area contributed by atoms with Gasteiger partial charge >= 0.3 is 7.82 Å². The van der Waals surface area contributed by atoms with Gasteiger partial charge in [-0.2, -0.15) is 5.10 Å². The van der Waals surface area contributed by atoms with Crippen LogP contribution in [0.15, 0.2) is 30.7 Å². The molecule has 0 aliphatic carbocycles. The molecule has 0 saturated carbocycles. The van der Waals surface area contributed by atoms with Crippen molar-refractivity contribution in [3.05, 3.63) is 53.0 Å². The number of hydrogen-bond acceptors (Lipinski definition) is 5. The van der Waals surface area contributed by atoms with Crippen molar-refractivity contribution in [2.45, 2.75) is 52.4 Å². The van der Waals surface area contributed by atoms with Crippen molar-refractivity contribution < 1.29 is 28.2 Å². The summed E-state index contributed by atoms with van der Waals surface area (Å²) < 4.78 is 18.1. The third kappa shape index (κ3) is 5.37. The summed E-state index contributed by atoms with van der Waals surface area (Å²) in [6.07, 6.45) is 5.11. The van der Waals surface area contributed by atoms with Crippen LogP contribution in [-0.2, 0) is 13.9 Å². The summed E-state index contributed by atoms with van der Waals surface area (Å²) in [5.41, 5.74) is 14.3. The molecule has 11 nitrogen and oxygen atoms in total. The number of phosphoric ester groups is 1. The highest BCUT2D eigenvalue weighted by atomic mass is 31.2. The van der Waals surface area contributed by atoms with Gasteiger partial charge in [0.2, 0.25) is 0 Å². The van der Waals surface area contributed by atoms with Crippen molar-refractivity contribution in [2.75, 3.05) is 26.4 Å². The molecule has 12 heteroatoms. The third-order valence-corrected chi connectivity index (χ3v) is 8.65. The molecule has 0 bridgehead atoms. The minimum Gasteiger partial charge on any atom is -0.365 e.